The van der Waals surface area contributed by atoms with Crippen LogP contribution in [-0.2, 0) is 0 Å². The van der Waals surface area contributed by atoms with Gasteiger partial charge in [0.2, 0.25) is 0 Å². The van der Waals surface area contributed by atoms with E-state index in [0.717, 1.165) is 12.8 Å². The van der Waals surface area contributed by atoms with Crippen molar-refractivity contribution in [3.63, 3.8) is 0 Å². The van der Waals surface area contributed by atoms with E-state index in [9.17, 15) is 4.79 Å². The summed E-state index contributed by atoms with van der Waals surface area (Å²) in [7, 11) is 0. The number of benzene rings is 1. The first-order chi connectivity index (χ1) is 15.4. The van der Waals surface area contributed by atoms with Crippen LogP contribution in [-0.4, -0.2) is 29.5 Å². The predicted octanol–water partition coefficient (Wildman–Crippen LogP) is 3.00. The Balaban J connectivity index is 1.75. The third kappa shape index (κ3) is 3.57. The maximum Gasteiger partial charge on any atom is 0.268 e. The van der Waals surface area contributed by atoms with E-state index in [2.05, 4.69) is 25.3 Å². The van der Waals surface area contributed by atoms with Crippen molar-refractivity contribution >= 4 is 51.6 Å². The van der Waals surface area contributed by atoms with Gasteiger partial charge in [0.15, 0.2) is 11.6 Å². The lowest BCUT2D eigenvalue weighted by molar-refractivity contribution is 0.605. The van der Waals surface area contributed by atoms with Crippen LogP contribution in [0.25, 0.3) is 16.7 Å². The summed E-state index contributed by atoms with van der Waals surface area (Å²) < 4.78 is 1.40. The molecule has 0 radical (unpaired) electrons. The molecule has 1 aliphatic carbocycles. The smallest absolute Gasteiger partial charge is 0.268 e. The fourth-order valence-corrected chi connectivity index (χ4v) is 3.94. The van der Waals surface area contributed by atoms with Crippen molar-refractivity contribution in [2.75, 3.05) is 16.8 Å². The summed E-state index contributed by atoms with van der Waals surface area (Å²) in [5.41, 5.74) is 11.6. The fourth-order valence-electron chi connectivity index (χ4n) is 3.54. The molecular formula is C20H17Cl2N9O. The van der Waals surface area contributed by atoms with E-state index in [0.29, 0.717) is 22.2 Å². The molecule has 0 amide bonds. The van der Waals surface area contributed by atoms with Gasteiger partial charge in [-0.2, -0.15) is 0 Å². The summed E-state index contributed by atoms with van der Waals surface area (Å²) >= 11 is 12.7. The number of fused-ring (bicyclic) bond motifs is 1. The average Bonchev–Trinajstić information content (AvgIpc) is 3.61. The lowest BCUT2D eigenvalue weighted by atomic mass is 10.1. The summed E-state index contributed by atoms with van der Waals surface area (Å²) in [5, 5.41) is 4.09. The van der Waals surface area contributed by atoms with Gasteiger partial charge in [0, 0.05) is 0 Å². The SMILES string of the molecule is Nc1cnc(-n2c(C(Nc3ncnc(N)c3Cl)C3CC3)nc3cccc(Cl)c3c2=O)cn1. The second kappa shape index (κ2) is 7.88. The van der Waals surface area contributed by atoms with Crippen molar-refractivity contribution in [2.24, 2.45) is 5.92 Å². The highest BCUT2D eigenvalue weighted by Crippen LogP contribution is 2.43. The van der Waals surface area contributed by atoms with E-state index >= 15 is 0 Å². The zero-order valence-electron chi connectivity index (χ0n) is 16.5. The largest absolute Gasteiger partial charge is 0.382 e. The molecule has 0 bridgehead atoms. The van der Waals surface area contributed by atoms with Gasteiger partial charge in [-0.25, -0.2) is 29.5 Å². The lowest BCUT2D eigenvalue weighted by Crippen LogP contribution is -2.30. The second-order valence-electron chi connectivity index (χ2n) is 7.42. The molecule has 1 aliphatic rings. The molecule has 1 atom stereocenters. The highest BCUT2D eigenvalue weighted by atomic mass is 35.5. The molecule has 1 aromatic carbocycles. The van der Waals surface area contributed by atoms with E-state index < -0.39 is 6.04 Å². The van der Waals surface area contributed by atoms with Gasteiger partial charge in [0.25, 0.3) is 5.56 Å². The quantitative estimate of drug-likeness (QED) is 0.400. The Hall–Kier alpha value is -3.50. The van der Waals surface area contributed by atoms with Crippen molar-refractivity contribution in [3.8, 4) is 5.82 Å². The molecule has 162 valence electrons. The van der Waals surface area contributed by atoms with Crippen molar-refractivity contribution < 1.29 is 0 Å². The lowest BCUT2D eigenvalue weighted by Gasteiger charge is -2.23. The van der Waals surface area contributed by atoms with E-state index in [-0.39, 0.29) is 39.3 Å². The molecule has 5 N–H and O–H groups in total. The molecule has 1 fully saturated rings. The van der Waals surface area contributed by atoms with Gasteiger partial charge in [-0.05, 0) is 30.9 Å². The molecule has 0 aliphatic heterocycles. The highest BCUT2D eigenvalue weighted by molar-refractivity contribution is 6.35. The molecule has 5 rings (SSSR count). The van der Waals surface area contributed by atoms with E-state index in [1.807, 2.05) is 0 Å². The van der Waals surface area contributed by atoms with Crippen LogP contribution in [0.1, 0.15) is 24.7 Å². The Morgan fingerprint density at radius 3 is 2.62 bits per heavy atom. The number of nitrogens with zero attached hydrogens (tertiary/aromatic N) is 6. The molecule has 1 unspecified atom stereocenters. The van der Waals surface area contributed by atoms with Crippen molar-refractivity contribution in [1.29, 1.82) is 0 Å². The Kier molecular flexibility index (Phi) is 5.03. The highest BCUT2D eigenvalue weighted by Gasteiger charge is 2.37. The predicted molar refractivity (Wildman–Crippen MR) is 123 cm³/mol. The van der Waals surface area contributed by atoms with Crippen LogP contribution in [0, 0.1) is 5.92 Å². The van der Waals surface area contributed by atoms with E-state index in [4.69, 9.17) is 39.7 Å². The zero-order chi connectivity index (χ0) is 22.4. The van der Waals surface area contributed by atoms with Crippen LogP contribution >= 0.6 is 23.2 Å². The minimum absolute atomic E-state index is 0.152. The molecule has 4 aromatic rings. The maximum atomic E-state index is 13.6. The normalized spacial score (nSPS) is 14.4. The zero-order valence-corrected chi connectivity index (χ0v) is 18.0. The monoisotopic (exact) mass is 469 g/mol. The van der Waals surface area contributed by atoms with Gasteiger partial charge in [-0.3, -0.25) is 4.79 Å². The summed E-state index contributed by atoms with van der Waals surface area (Å²) in [6.07, 6.45) is 5.99. The summed E-state index contributed by atoms with van der Waals surface area (Å²) in [6.45, 7) is 0. The van der Waals surface area contributed by atoms with Gasteiger partial charge in [0.05, 0.1) is 34.4 Å². The number of anilines is 3. The second-order valence-corrected chi connectivity index (χ2v) is 8.21. The van der Waals surface area contributed by atoms with Gasteiger partial charge >= 0.3 is 0 Å². The number of hydrogen-bond donors (Lipinski definition) is 3. The van der Waals surface area contributed by atoms with Gasteiger partial charge in [-0.15, -0.1) is 0 Å². The molecule has 0 spiro atoms. The van der Waals surface area contributed by atoms with Crippen molar-refractivity contribution in [3.05, 3.63) is 63.1 Å². The van der Waals surface area contributed by atoms with Crippen LogP contribution in [0.5, 0.6) is 0 Å². The molecule has 10 nitrogen and oxygen atoms in total. The minimum Gasteiger partial charge on any atom is -0.382 e. The first-order valence-electron chi connectivity index (χ1n) is 9.75. The summed E-state index contributed by atoms with van der Waals surface area (Å²) in [6, 6.07) is 4.73. The molecule has 0 saturated heterocycles. The van der Waals surface area contributed by atoms with Crippen LogP contribution < -0.4 is 22.3 Å². The average molecular weight is 470 g/mol. The van der Waals surface area contributed by atoms with Crippen LogP contribution in [0.3, 0.4) is 0 Å². The van der Waals surface area contributed by atoms with Gasteiger partial charge < -0.3 is 16.8 Å². The summed E-state index contributed by atoms with van der Waals surface area (Å²) in [5.74, 6) is 1.63. The number of hydrogen-bond acceptors (Lipinski definition) is 9. The molecule has 12 heteroatoms. The molecule has 1 saturated carbocycles. The number of halogens is 2. The number of nitrogens with one attached hydrogen (secondary N) is 1. The fraction of sp³-hybridized carbons (Fsp3) is 0.200. The summed E-state index contributed by atoms with van der Waals surface area (Å²) in [4.78, 5) is 34.9. The van der Waals surface area contributed by atoms with E-state index in [1.54, 1.807) is 18.2 Å². The Morgan fingerprint density at radius 1 is 1.09 bits per heavy atom. The minimum atomic E-state index is -0.405. The van der Waals surface area contributed by atoms with Crippen LogP contribution in [0.2, 0.25) is 10.0 Å². The molecule has 3 aromatic heterocycles. The van der Waals surface area contributed by atoms with Crippen molar-refractivity contribution in [2.45, 2.75) is 18.9 Å². The van der Waals surface area contributed by atoms with E-state index in [1.165, 1.54) is 23.3 Å². The number of aromatic nitrogens is 6. The number of rotatable bonds is 5. The third-order valence-corrected chi connectivity index (χ3v) is 5.93. The Labute approximate surface area is 191 Å². The number of nitrogen functional groups attached to an aromatic ring is 2. The van der Waals surface area contributed by atoms with Gasteiger partial charge in [-0.1, -0.05) is 29.3 Å². The Morgan fingerprint density at radius 2 is 1.91 bits per heavy atom. The number of nitrogens with two attached hydrogens (primary N) is 2. The molecule has 32 heavy (non-hydrogen) atoms. The van der Waals surface area contributed by atoms with Crippen LogP contribution in [0.4, 0.5) is 17.5 Å². The third-order valence-electron chi connectivity index (χ3n) is 5.24. The standard InChI is InChI=1S/C20H17Cl2N9O/c21-10-2-1-3-11-14(10)20(32)31(13-7-25-12(23)6-26-13)19(29-11)16(9-4-5-9)30-18-15(22)17(24)27-8-28-18/h1-3,6-9,16H,4-5H2,(H2,23,25)(H3,24,27,28,30). The van der Waals surface area contributed by atoms with Crippen molar-refractivity contribution in [1.82, 2.24) is 29.5 Å². The maximum absolute atomic E-state index is 13.6. The first-order valence-corrected chi connectivity index (χ1v) is 10.5. The molecular weight excluding hydrogens is 453 g/mol. The topological polar surface area (TPSA) is 151 Å². The van der Waals surface area contributed by atoms with Gasteiger partial charge in [0.1, 0.15) is 28.8 Å². The Bertz CT molecular complexity index is 1390. The first kappa shape index (κ1) is 20.4. The van der Waals surface area contributed by atoms with Crippen LogP contribution in [0.15, 0.2) is 41.7 Å². The molecule has 3 heterocycles.